The first-order valence-corrected chi connectivity index (χ1v) is 8.19. The van der Waals surface area contributed by atoms with Crippen LogP contribution in [0.25, 0.3) is 11.0 Å². The van der Waals surface area contributed by atoms with E-state index < -0.39 is 0 Å². The normalized spacial score (nSPS) is 11.1. The highest BCUT2D eigenvalue weighted by Gasteiger charge is 2.08. The predicted octanol–water partition coefficient (Wildman–Crippen LogP) is 3.07. The molecule has 1 heterocycles. The molecule has 3 rings (SSSR count). The highest BCUT2D eigenvalue weighted by molar-refractivity contribution is 14.0. The van der Waals surface area contributed by atoms with Crippen molar-refractivity contribution in [2.75, 3.05) is 14.2 Å². The molecule has 0 unspecified atom stereocenters. The number of imidazole rings is 1. The fourth-order valence-corrected chi connectivity index (χ4v) is 2.76. The van der Waals surface area contributed by atoms with Gasteiger partial charge in [0.2, 0.25) is 0 Å². The Labute approximate surface area is 170 Å². The van der Waals surface area contributed by atoms with E-state index in [-0.39, 0.29) is 24.0 Å². The Morgan fingerprint density at radius 2 is 1.77 bits per heavy atom. The van der Waals surface area contributed by atoms with Crippen molar-refractivity contribution in [1.29, 1.82) is 0 Å². The van der Waals surface area contributed by atoms with Gasteiger partial charge in [-0.3, -0.25) is 4.99 Å². The van der Waals surface area contributed by atoms with Crippen LogP contribution in [0.3, 0.4) is 0 Å². The lowest BCUT2D eigenvalue weighted by Crippen LogP contribution is -2.37. The topological polar surface area (TPSA) is 63.5 Å². The first-order valence-electron chi connectivity index (χ1n) is 8.19. The van der Waals surface area contributed by atoms with Gasteiger partial charge in [-0.05, 0) is 18.2 Å². The molecule has 2 N–H and O–H groups in total. The number of hydrogen-bond donors (Lipinski definition) is 2. The van der Waals surface area contributed by atoms with Crippen LogP contribution in [0.5, 0.6) is 5.75 Å². The lowest BCUT2D eigenvalue weighted by Gasteiger charge is -2.13. The van der Waals surface area contributed by atoms with E-state index in [2.05, 4.69) is 31.2 Å². The van der Waals surface area contributed by atoms with Gasteiger partial charge in [-0.2, -0.15) is 0 Å². The number of aryl methyl sites for hydroxylation is 1. The number of aromatic nitrogens is 2. The summed E-state index contributed by atoms with van der Waals surface area (Å²) in [5.41, 5.74) is 3.20. The highest BCUT2D eigenvalue weighted by atomic mass is 127. The van der Waals surface area contributed by atoms with Crippen molar-refractivity contribution in [1.82, 2.24) is 20.2 Å². The molecule has 0 spiro atoms. The maximum atomic E-state index is 5.38. The quantitative estimate of drug-likeness (QED) is 0.346. The highest BCUT2D eigenvalue weighted by Crippen LogP contribution is 2.16. The minimum atomic E-state index is 0. The molecule has 0 aliphatic rings. The molecule has 0 radical (unpaired) electrons. The number of fused-ring (bicyclic) bond motifs is 1. The maximum Gasteiger partial charge on any atom is 0.191 e. The molecule has 138 valence electrons. The van der Waals surface area contributed by atoms with E-state index in [1.165, 1.54) is 0 Å². The number of hydrogen-bond acceptors (Lipinski definition) is 3. The van der Waals surface area contributed by atoms with Gasteiger partial charge in [0.15, 0.2) is 5.96 Å². The van der Waals surface area contributed by atoms with E-state index in [1.54, 1.807) is 14.2 Å². The maximum absolute atomic E-state index is 5.38. The van der Waals surface area contributed by atoms with Gasteiger partial charge in [-0.1, -0.05) is 30.3 Å². The minimum Gasteiger partial charge on any atom is -0.496 e. The summed E-state index contributed by atoms with van der Waals surface area (Å²) in [6, 6.07) is 16.1. The number of nitrogens with one attached hydrogen (secondary N) is 2. The molecular formula is C19H24IN5O. The molecular weight excluding hydrogens is 441 g/mol. The van der Waals surface area contributed by atoms with Crippen molar-refractivity contribution in [3.05, 3.63) is 59.9 Å². The number of aliphatic imine (C=N–C) groups is 1. The van der Waals surface area contributed by atoms with Gasteiger partial charge in [-0.25, -0.2) is 4.98 Å². The Bertz CT molecular complexity index is 891. The van der Waals surface area contributed by atoms with Gasteiger partial charge < -0.3 is 19.9 Å². The zero-order chi connectivity index (χ0) is 17.6. The van der Waals surface area contributed by atoms with Crippen molar-refractivity contribution in [2.24, 2.45) is 12.0 Å². The lowest BCUT2D eigenvalue weighted by molar-refractivity contribution is 0.409. The number of guanidine groups is 1. The second-order valence-electron chi connectivity index (χ2n) is 5.67. The summed E-state index contributed by atoms with van der Waals surface area (Å²) in [5.74, 6) is 2.54. The van der Waals surface area contributed by atoms with Crippen molar-refractivity contribution in [2.45, 2.75) is 13.1 Å². The van der Waals surface area contributed by atoms with Gasteiger partial charge >= 0.3 is 0 Å². The summed E-state index contributed by atoms with van der Waals surface area (Å²) in [6.07, 6.45) is 0. The van der Waals surface area contributed by atoms with Crippen molar-refractivity contribution in [3.8, 4) is 5.75 Å². The SMILES string of the molecule is CN=C(NCc1ccccc1OC)NCc1nc2ccccc2n1C.I. The van der Waals surface area contributed by atoms with E-state index in [4.69, 9.17) is 4.74 Å². The molecule has 0 bridgehead atoms. The number of nitrogens with zero attached hydrogens (tertiary/aromatic N) is 3. The molecule has 0 saturated heterocycles. The first kappa shape index (κ1) is 20.0. The molecule has 2 aromatic carbocycles. The van der Waals surface area contributed by atoms with Crippen LogP contribution in [0.2, 0.25) is 0 Å². The van der Waals surface area contributed by atoms with E-state index in [1.807, 2.05) is 49.5 Å². The summed E-state index contributed by atoms with van der Waals surface area (Å²) in [6.45, 7) is 1.23. The van der Waals surface area contributed by atoms with Crippen molar-refractivity contribution >= 4 is 41.0 Å². The van der Waals surface area contributed by atoms with Crippen LogP contribution in [0.1, 0.15) is 11.4 Å². The average Bonchev–Trinajstić information content (AvgIpc) is 2.98. The zero-order valence-corrected chi connectivity index (χ0v) is 17.5. The molecule has 3 aromatic rings. The summed E-state index contributed by atoms with van der Waals surface area (Å²) in [4.78, 5) is 8.94. The van der Waals surface area contributed by atoms with Crippen LogP contribution in [0.15, 0.2) is 53.5 Å². The van der Waals surface area contributed by atoms with Crippen LogP contribution in [-0.4, -0.2) is 29.7 Å². The van der Waals surface area contributed by atoms with Crippen LogP contribution in [-0.2, 0) is 20.1 Å². The van der Waals surface area contributed by atoms with Crippen LogP contribution in [0.4, 0.5) is 0 Å². The van der Waals surface area contributed by atoms with E-state index in [0.29, 0.717) is 13.1 Å². The molecule has 26 heavy (non-hydrogen) atoms. The Morgan fingerprint density at radius 1 is 1.08 bits per heavy atom. The van der Waals surface area contributed by atoms with Crippen molar-refractivity contribution in [3.63, 3.8) is 0 Å². The third-order valence-corrected chi connectivity index (χ3v) is 4.16. The minimum absolute atomic E-state index is 0. The molecule has 0 amide bonds. The lowest BCUT2D eigenvalue weighted by atomic mass is 10.2. The van der Waals surface area contributed by atoms with Gasteiger partial charge in [0, 0.05) is 26.2 Å². The van der Waals surface area contributed by atoms with Crippen molar-refractivity contribution < 1.29 is 4.74 Å². The number of benzene rings is 2. The Balaban J connectivity index is 0.00000243. The molecule has 6 nitrogen and oxygen atoms in total. The molecule has 0 aliphatic heterocycles. The fourth-order valence-electron chi connectivity index (χ4n) is 2.76. The van der Waals surface area contributed by atoms with E-state index in [9.17, 15) is 0 Å². The summed E-state index contributed by atoms with van der Waals surface area (Å²) in [7, 11) is 5.46. The second-order valence-corrected chi connectivity index (χ2v) is 5.67. The smallest absolute Gasteiger partial charge is 0.191 e. The first-order chi connectivity index (χ1) is 12.2. The number of ether oxygens (including phenoxy) is 1. The van der Waals surface area contributed by atoms with Crippen LogP contribution in [0, 0.1) is 0 Å². The number of rotatable bonds is 5. The Kier molecular flexibility index (Phi) is 7.26. The molecule has 0 atom stereocenters. The molecule has 7 heteroatoms. The molecule has 0 saturated carbocycles. The Morgan fingerprint density at radius 3 is 2.50 bits per heavy atom. The summed E-state index contributed by atoms with van der Waals surface area (Å²) < 4.78 is 7.47. The average molecular weight is 465 g/mol. The number of halogens is 1. The number of para-hydroxylation sites is 3. The molecule has 0 aliphatic carbocycles. The van der Waals surface area contributed by atoms with E-state index in [0.717, 1.165) is 34.1 Å². The largest absolute Gasteiger partial charge is 0.496 e. The van der Waals surface area contributed by atoms with Crippen LogP contribution >= 0.6 is 24.0 Å². The Hall–Kier alpha value is -2.29. The number of methoxy groups -OCH3 is 1. The third kappa shape index (κ3) is 4.46. The monoisotopic (exact) mass is 465 g/mol. The van der Waals surface area contributed by atoms with Gasteiger partial charge in [-0.15, -0.1) is 24.0 Å². The van der Waals surface area contributed by atoms with Gasteiger partial charge in [0.05, 0.1) is 24.7 Å². The van der Waals surface area contributed by atoms with E-state index >= 15 is 0 Å². The standard InChI is InChI=1S/C19H23N5O.HI/c1-20-19(21-12-14-8-4-7-11-17(14)25-3)22-13-18-23-15-9-5-6-10-16(15)24(18)2;/h4-11H,12-13H2,1-3H3,(H2,20,21,22);1H. The second kappa shape index (κ2) is 9.42. The summed E-state index contributed by atoms with van der Waals surface area (Å²) in [5, 5.41) is 6.62. The van der Waals surface area contributed by atoms with Gasteiger partial charge in [0.1, 0.15) is 11.6 Å². The predicted molar refractivity (Wildman–Crippen MR) is 116 cm³/mol. The van der Waals surface area contributed by atoms with Crippen LogP contribution < -0.4 is 15.4 Å². The fraction of sp³-hybridized carbons (Fsp3) is 0.263. The third-order valence-electron chi connectivity index (χ3n) is 4.16. The summed E-state index contributed by atoms with van der Waals surface area (Å²) >= 11 is 0. The molecule has 0 fully saturated rings. The van der Waals surface area contributed by atoms with Gasteiger partial charge in [0.25, 0.3) is 0 Å². The molecule has 1 aromatic heterocycles. The zero-order valence-electron chi connectivity index (χ0n) is 15.2.